The molecule has 4 nitrogen and oxygen atoms in total. The van der Waals surface area contributed by atoms with Gasteiger partial charge in [0.2, 0.25) is 0 Å². The normalized spacial score (nSPS) is 21.2. The van der Waals surface area contributed by atoms with E-state index in [1.54, 1.807) is 59.6 Å². The van der Waals surface area contributed by atoms with E-state index in [1.165, 1.54) is 0 Å². The second kappa shape index (κ2) is 8.20. The van der Waals surface area contributed by atoms with Gasteiger partial charge in [-0.25, -0.2) is 4.79 Å². The summed E-state index contributed by atoms with van der Waals surface area (Å²) >= 11 is 0. The van der Waals surface area contributed by atoms with Crippen LogP contribution in [0.1, 0.15) is 30.4 Å². The van der Waals surface area contributed by atoms with E-state index in [9.17, 15) is 23.1 Å². The van der Waals surface area contributed by atoms with Crippen LogP contribution in [0, 0.1) is 0 Å². The van der Waals surface area contributed by atoms with Crippen LogP contribution in [0.15, 0.2) is 82.9 Å². The second-order valence-electron chi connectivity index (χ2n) is 8.64. The summed E-state index contributed by atoms with van der Waals surface area (Å²) in [6.45, 7) is 0. The molecule has 2 aliphatic heterocycles. The quantitative estimate of drug-likeness (QED) is 0.480. The maximum Gasteiger partial charge on any atom is 0.419 e. The molecule has 0 saturated heterocycles. The Morgan fingerprint density at radius 1 is 1.09 bits per heavy atom. The fourth-order valence-corrected chi connectivity index (χ4v) is 6.10. The number of nitrogens with zero attached hydrogens (tertiary/aromatic N) is 1. The molecule has 2 aromatic rings. The van der Waals surface area contributed by atoms with Crippen LogP contribution < -0.4 is 10.2 Å². The molecule has 8 heteroatoms. The maximum atomic E-state index is 14.5. The Balaban J connectivity index is 1.64. The molecule has 2 aromatic carbocycles. The van der Waals surface area contributed by atoms with E-state index in [1.807, 2.05) is 23.8 Å². The number of carboxylic acid groups (broad SMARTS) is 1. The molecule has 3 aliphatic rings. The van der Waals surface area contributed by atoms with Gasteiger partial charge in [0.15, 0.2) is 0 Å². The van der Waals surface area contributed by atoms with Gasteiger partial charge in [0, 0.05) is 22.4 Å². The van der Waals surface area contributed by atoms with Crippen LogP contribution in [0.5, 0.6) is 0 Å². The zero-order chi connectivity index (χ0) is 24.1. The van der Waals surface area contributed by atoms with Crippen LogP contribution in [0.4, 0.5) is 23.7 Å². The fraction of sp³-hybridized carbons (Fsp3) is 0.231. The van der Waals surface area contributed by atoms with Crippen molar-refractivity contribution in [2.75, 3.05) is 11.2 Å². The number of anilines is 1. The Morgan fingerprint density at radius 3 is 2.32 bits per heavy atom. The lowest BCUT2D eigenvalue weighted by Gasteiger charge is -2.42. The van der Waals surface area contributed by atoms with Crippen molar-refractivity contribution in [1.29, 1.82) is 0 Å². The second-order valence-corrected chi connectivity index (χ2v) is 10.5. The number of allylic oxidation sites excluding steroid dienone is 3. The van der Waals surface area contributed by atoms with Crippen molar-refractivity contribution in [3.63, 3.8) is 0 Å². The van der Waals surface area contributed by atoms with Crippen LogP contribution in [0.25, 0.3) is 5.70 Å². The molecule has 34 heavy (non-hydrogen) atoms. The van der Waals surface area contributed by atoms with Gasteiger partial charge in [0.05, 0.1) is 16.8 Å². The largest absolute Gasteiger partial charge is 0.465 e. The zero-order valence-electron chi connectivity index (χ0n) is 18.4. The first-order valence-corrected chi connectivity index (χ1v) is 12.6. The highest BCUT2D eigenvalue weighted by Gasteiger charge is 2.45. The van der Waals surface area contributed by atoms with Crippen molar-refractivity contribution in [2.24, 2.45) is 0 Å². The fourth-order valence-electron chi connectivity index (χ4n) is 4.82. The molecule has 0 bridgehead atoms. The van der Waals surface area contributed by atoms with Crippen molar-refractivity contribution < 1.29 is 23.1 Å². The molecule has 176 valence electrons. The van der Waals surface area contributed by atoms with E-state index in [4.69, 9.17) is 0 Å². The summed E-state index contributed by atoms with van der Waals surface area (Å²) in [5, 5.41) is 13.7. The number of carbonyl (C=O) groups is 1. The minimum absolute atomic E-state index is 0.0881. The van der Waals surface area contributed by atoms with Crippen molar-refractivity contribution in [1.82, 2.24) is 5.32 Å². The highest BCUT2D eigenvalue weighted by atomic mass is 32.2. The number of benzene rings is 2. The van der Waals surface area contributed by atoms with Crippen molar-refractivity contribution in [3.05, 3.63) is 94.1 Å². The Morgan fingerprint density at radius 2 is 1.76 bits per heavy atom. The van der Waals surface area contributed by atoms with E-state index in [0.29, 0.717) is 29.0 Å². The minimum Gasteiger partial charge on any atom is -0.465 e. The van der Waals surface area contributed by atoms with Gasteiger partial charge >= 0.3 is 12.3 Å². The van der Waals surface area contributed by atoms with Gasteiger partial charge in [-0.05, 0) is 60.2 Å². The summed E-state index contributed by atoms with van der Waals surface area (Å²) in [7, 11) is -0.436. The molecular weight excluding hydrogens is 461 g/mol. The molecule has 0 spiro atoms. The lowest BCUT2D eigenvalue weighted by atomic mass is 9.72. The molecular formula is C26H23F3N2O2S. The summed E-state index contributed by atoms with van der Waals surface area (Å²) in [5.41, 5.74) is 0.920. The molecule has 1 fully saturated rings. The number of halogens is 3. The number of fused-ring (bicyclic) bond motifs is 1. The van der Waals surface area contributed by atoms with E-state index in [0.717, 1.165) is 12.0 Å². The monoisotopic (exact) mass is 484 g/mol. The van der Waals surface area contributed by atoms with Crippen molar-refractivity contribution >= 4 is 33.3 Å². The lowest BCUT2D eigenvalue weighted by molar-refractivity contribution is -0.0886. The summed E-state index contributed by atoms with van der Waals surface area (Å²) < 4.78 is 43.5. The summed E-state index contributed by atoms with van der Waals surface area (Å²) in [6.07, 6.45) is 1.99. The Hall–Kier alpha value is -3.26. The zero-order valence-corrected chi connectivity index (χ0v) is 19.2. The lowest BCUT2D eigenvalue weighted by Crippen LogP contribution is -2.50. The first-order chi connectivity index (χ1) is 16.2. The molecule has 2 heterocycles. The predicted molar refractivity (Wildman–Crippen MR) is 131 cm³/mol. The van der Waals surface area contributed by atoms with E-state index in [-0.39, 0.29) is 11.3 Å². The smallest absolute Gasteiger partial charge is 0.419 e. The van der Waals surface area contributed by atoms with Crippen molar-refractivity contribution in [3.8, 4) is 0 Å². The number of alkyl halides is 3. The Bertz CT molecular complexity index is 1270. The molecule has 5 rings (SSSR count). The van der Waals surface area contributed by atoms with Gasteiger partial charge < -0.3 is 15.3 Å². The molecule has 1 atom stereocenters. The minimum atomic E-state index is -4.54. The standard InChI is InChI=1S/C26H23F3N2O2S/c1-34-15-12-20-21(34)16-31(23(22(20)26(27,28)29)17-6-3-2-4-7-17)19-10-8-18(9-11-19)25(13-5-14-25)30-24(32)33/h2-4,6-12,15-16,30H,5,13-14H2,1H3,(H,32,33). The van der Waals surface area contributed by atoms with Crippen LogP contribution in [-0.4, -0.2) is 29.0 Å². The van der Waals surface area contributed by atoms with Crippen LogP contribution >= 0.6 is 10.5 Å². The first-order valence-electron chi connectivity index (χ1n) is 10.9. The Labute approximate surface area is 198 Å². The van der Waals surface area contributed by atoms with E-state index >= 15 is 0 Å². The summed E-state index contributed by atoms with van der Waals surface area (Å²) in [4.78, 5) is 13.6. The predicted octanol–water partition coefficient (Wildman–Crippen LogP) is 6.61. The Kier molecular flexibility index (Phi) is 5.43. The number of rotatable bonds is 4. The number of amides is 1. The third kappa shape index (κ3) is 3.76. The van der Waals surface area contributed by atoms with Gasteiger partial charge in [-0.15, -0.1) is 0 Å². The van der Waals surface area contributed by atoms with Crippen LogP contribution in [0.2, 0.25) is 0 Å². The summed E-state index contributed by atoms with van der Waals surface area (Å²) in [6, 6.07) is 15.8. The van der Waals surface area contributed by atoms with Crippen LogP contribution in [0.3, 0.4) is 0 Å². The third-order valence-corrected chi connectivity index (χ3v) is 8.19. The first kappa shape index (κ1) is 22.5. The van der Waals surface area contributed by atoms with Crippen molar-refractivity contribution in [2.45, 2.75) is 31.0 Å². The molecule has 1 unspecified atom stereocenters. The van der Waals surface area contributed by atoms with Gasteiger partial charge in [-0.1, -0.05) is 42.5 Å². The number of nitrogens with one attached hydrogen (secondary N) is 1. The molecule has 1 saturated carbocycles. The van der Waals surface area contributed by atoms with E-state index in [2.05, 4.69) is 5.32 Å². The SMILES string of the molecule is CS1=CC=C2C1=CN(c1ccc(C3(NC(=O)O)CCC3)cc1)C(c1ccccc1)=C2C(F)(F)F. The molecule has 0 radical (unpaired) electrons. The average molecular weight is 485 g/mol. The summed E-state index contributed by atoms with van der Waals surface area (Å²) in [5.74, 6) is 0. The van der Waals surface area contributed by atoms with Gasteiger partial charge in [-0.3, -0.25) is 0 Å². The third-order valence-electron chi connectivity index (χ3n) is 6.63. The van der Waals surface area contributed by atoms with Gasteiger partial charge in [0.1, 0.15) is 0 Å². The van der Waals surface area contributed by atoms with E-state index < -0.39 is 33.9 Å². The van der Waals surface area contributed by atoms with Gasteiger partial charge in [0.25, 0.3) is 0 Å². The highest BCUT2D eigenvalue weighted by molar-refractivity contribution is 8.18. The maximum absolute atomic E-state index is 14.5. The van der Waals surface area contributed by atoms with Crippen LogP contribution in [-0.2, 0) is 5.54 Å². The molecule has 0 aromatic heterocycles. The number of hydrogen-bond acceptors (Lipinski definition) is 2. The molecule has 1 amide bonds. The average Bonchev–Trinajstić information content (AvgIpc) is 3.15. The molecule has 2 N–H and O–H groups in total. The molecule has 1 aliphatic carbocycles. The topological polar surface area (TPSA) is 52.6 Å². The van der Waals surface area contributed by atoms with Gasteiger partial charge in [-0.2, -0.15) is 23.7 Å². The number of hydrogen-bond donors (Lipinski definition) is 2. The highest BCUT2D eigenvalue weighted by Crippen LogP contribution is 2.51.